The van der Waals surface area contributed by atoms with E-state index in [-0.39, 0.29) is 29.2 Å². The molecule has 10 heteroatoms. The molecule has 1 aromatic carbocycles. The smallest absolute Gasteiger partial charge is 0.248 e. The highest BCUT2D eigenvalue weighted by Crippen LogP contribution is 2.25. The summed E-state index contributed by atoms with van der Waals surface area (Å²) in [5.41, 5.74) is 0. The molecule has 0 aliphatic carbocycles. The van der Waals surface area contributed by atoms with Crippen molar-refractivity contribution in [3.8, 4) is 5.75 Å². The van der Waals surface area contributed by atoms with Gasteiger partial charge in [0.1, 0.15) is 17.6 Å². The Balaban J connectivity index is 1.70. The number of pyridine rings is 1. The summed E-state index contributed by atoms with van der Waals surface area (Å²) in [5.74, 6) is -0.359. The van der Waals surface area contributed by atoms with E-state index in [1.54, 1.807) is 36.5 Å². The lowest BCUT2D eigenvalue weighted by Crippen LogP contribution is -2.52. The van der Waals surface area contributed by atoms with Crippen LogP contribution in [0.25, 0.3) is 0 Å². The van der Waals surface area contributed by atoms with Gasteiger partial charge in [0.15, 0.2) is 0 Å². The van der Waals surface area contributed by atoms with E-state index in [0.29, 0.717) is 37.4 Å². The van der Waals surface area contributed by atoms with E-state index in [4.69, 9.17) is 4.74 Å². The van der Waals surface area contributed by atoms with Crippen molar-refractivity contribution in [1.29, 1.82) is 0 Å². The van der Waals surface area contributed by atoms with E-state index in [9.17, 15) is 18.0 Å². The number of ether oxygens (including phenoxy) is 1. The number of methoxy groups -OCH3 is 1. The summed E-state index contributed by atoms with van der Waals surface area (Å²) in [6.45, 7) is 4.24. The number of piperidine rings is 1. The second-order valence-corrected chi connectivity index (χ2v) is 10.4. The number of anilines is 1. The minimum atomic E-state index is -3.75. The number of carbonyl (C=O) groups excluding carboxylic acids is 2. The molecule has 1 aliphatic rings. The van der Waals surface area contributed by atoms with Gasteiger partial charge < -0.3 is 15.4 Å². The number of benzene rings is 1. The molecule has 2 aromatic rings. The molecule has 1 aliphatic heterocycles. The first-order valence-electron chi connectivity index (χ1n) is 11.4. The third-order valence-corrected chi connectivity index (χ3v) is 8.04. The van der Waals surface area contributed by atoms with Crippen LogP contribution in [0.5, 0.6) is 5.75 Å². The van der Waals surface area contributed by atoms with Gasteiger partial charge in [-0.2, -0.15) is 4.31 Å². The van der Waals surface area contributed by atoms with Crippen molar-refractivity contribution in [3.05, 3.63) is 48.7 Å². The molecule has 0 spiro atoms. The third-order valence-electron chi connectivity index (χ3n) is 6.16. The maximum atomic E-state index is 13.1. The zero-order valence-electron chi connectivity index (χ0n) is 19.7. The number of carbonyl (C=O) groups is 2. The third kappa shape index (κ3) is 6.12. The average molecular weight is 489 g/mol. The van der Waals surface area contributed by atoms with E-state index in [1.807, 2.05) is 13.8 Å². The summed E-state index contributed by atoms with van der Waals surface area (Å²) >= 11 is 0. The van der Waals surface area contributed by atoms with Gasteiger partial charge in [-0.15, -0.1) is 0 Å². The van der Waals surface area contributed by atoms with Crippen LogP contribution < -0.4 is 15.4 Å². The van der Waals surface area contributed by atoms with E-state index in [2.05, 4.69) is 15.6 Å². The Morgan fingerprint density at radius 3 is 2.56 bits per heavy atom. The second-order valence-electron chi connectivity index (χ2n) is 8.45. The first kappa shape index (κ1) is 25.6. The van der Waals surface area contributed by atoms with Gasteiger partial charge in [0.2, 0.25) is 21.8 Å². The predicted octanol–water partition coefficient (Wildman–Crippen LogP) is 2.66. The maximum absolute atomic E-state index is 13.1. The number of hydrogen-bond acceptors (Lipinski definition) is 6. The van der Waals surface area contributed by atoms with Crippen LogP contribution in [-0.4, -0.2) is 55.8 Å². The number of nitrogens with one attached hydrogen (secondary N) is 2. The summed E-state index contributed by atoms with van der Waals surface area (Å²) in [4.78, 5) is 30.3. The standard InChI is InChI=1S/C24H32N4O5S/c1-4-17(2)22(24(30)26-21-9-5-6-14-25-21)27-23(29)18-8-7-15-28(16-18)34(31,32)20-12-10-19(33-3)11-13-20/h5-6,9-14,17-18,22H,4,7-8,15-16H2,1-3H3,(H,27,29)(H,25,26,30)/t17-,18+,22-/m0/s1. The minimum absolute atomic E-state index is 0.0648. The SMILES string of the molecule is CC[C@H](C)[C@H](NC(=O)[C@@H]1CCCN(S(=O)(=O)c2ccc(OC)cc2)C1)C(=O)Nc1ccccn1. The zero-order chi connectivity index (χ0) is 24.7. The zero-order valence-corrected chi connectivity index (χ0v) is 20.5. The largest absolute Gasteiger partial charge is 0.497 e. The summed E-state index contributed by atoms with van der Waals surface area (Å²) < 4.78 is 32.7. The molecule has 0 unspecified atom stereocenters. The molecule has 2 amide bonds. The monoisotopic (exact) mass is 488 g/mol. The molecule has 3 atom stereocenters. The van der Waals surface area contributed by atoms with Gasteiger partial charge in [0.05, 0.1) is 17.9 Å². The highest BCUT2D eigenvalue weighted by molar-refractivity contribution is 7.89. The Morgan fingerprint density at radius 2 is 1.94 bits per heavy atom. The molecule has 1 saturated heterocycles. The van der Waals surface area contributed by atoms with Gasteiger partial charge in [-0.25, -0.2) is 13.4 Å². The molecule has 2 N–H and O–H groups in total. The summed E-state index contributed by atoms with van der Waals surface area (Å²) in [5, 5.41) is 5.62. The van der Waals surface area contributed by atoms with Crippen molar-refractivity contribution < 1.29 is 22.7 Å². The first-order chi connectivity index (χ1) is 16.3. The van der Waals surface area contributed by atoms with Gasteiger partial charge in [-0.3, -0.25) is 9.59 Å². The Kier molecular flexibility index (Phi) is 8.62. The molecule has 1 fully saturated rings. The van der Waals surface area contributed by atoms with Crippen LogP contribution in [0.15, 0.2) is 53.6 Å². The summed E-state index contributed by atoms with van der Waals surface area (Å²) in [6.07, 6.45) is 3.37. The van der Waals surface area contributed by atoms with Gasteiger partial charge >= 0.3 is 0 Å². The maximum Gasteiger partial charge on any atom is 0.248 e. The molecule has 0 bridgehead atoms. The Labute approximate surface area is 201 Å². The van der Waals surface area contributed by atoms with E-state index in [1.165, 1.54) is 23.5 Å². The lowest BCUT2D eigenvalue weighted by molar-refractivity contribution is -0.131. The Bertz CT molecular complexity index is 1080. The summed E-state index contributed by atoms with van der Waals surface area (Å²) in [7, 11) is -2.24. The minimum Gasteiger partial charge on any atom is -0.497 e. The molecule has 9 nitrogen and oxygen atoms in total. The molecule has 34 heavy (non-hydrogen) atoms. The average Bonchev–Trinajstić information content (AvgIpc) is 2.87. The number of rotatable bonds is 9. The quantitative estimate of drug-likeness (QED) is 0.560. The molecule has 0 saturated carbocycles. The van der Waals surface area contributed by atoms with E-state index < -0.39 is 22.0 Å². The van der Waals surface area contributed by atoms with Crippen molar-refractivity contribution in [3.63, 3.8) is 0 Å². The number of hydrogen-bond donors (Lipinski definition) is 2. The van der Waals surface area contributed by atoms with Crippen molar-refractivity contribution in [2.24, 2.45) is 11.8 Å². The predicted molar refractivity (Wildman–Crippen MR) is 129 cm³/mol. The topological polar surface area (TPSA) is 118 Å². The van der Waals surface area contributed by atoms with E-state index in [0.717, 1.165) is 0 Å². The second kappa shape index (κ2) is 11.4. The Morgan fingerprint density at radius 1 is 1.21 bits per heavy atom. The van der Waals surface area contributed by atoms with Crippen LogP contribution >= 0.6 is 0 Å². The van der Waals surface area contributed by atoms with Crippen molar-refractivity contribution in [2.45, 2.75) is 44.0 Å². The number of sulfonamides is 1. The van der Waals surface area contributed by atoms with Crippen LogP contribution in [0.1, 0.15) is 33.1 Å². The fourth-order valence-corrected chi connectivity index (χ4v) is 5.41. The fourth-order valence-electron chi connectivity index (χ4n) is 3.89. The van der Waals surface area contributed by atoms with Crippen LogP contribution in [0.4, 0.5) is 5.82 Å². The van der Waals surface area contributed by atoms with E-state index >= 15 is 0 Å². The first-order valence-corrected chi connectivity index (χ1v) is 12.9. The lowest BCUT2D eigenvalue weighted by atomic mass is 9.95. The molecular weight excluding hydrogens is 456 g/mol. The van der Waals surface area contributed by atoms with Crippen molar-refractivity contribution in [1.82, 2.24) is 14.6 Å². The van der Waals surface area contributed by atoms with Crippen molar-refractivity contribution in [2.75, 3.05) is 25.5 Å². The van der Waals surface area contributed by atoms with Gasteiger partial charge in [0.25, 0.3) is 0 Å². The molecule has 0 radical (unpaired) electrons. The highest BCUT2D eigenvalue weighted by atomic mass is 32.2. The molecule has 3 rings (SSSR count). The van der Waals surface area contributed by atoms with Crippen LogP contribution in [0.3, 0.4) is 0 Å². The lowest BCUT2D eigenvalue weighted by Gasteiger charge is -2.32. The van der Waals surface area contributed by atoms with Crippen molar-refractivity contribution >= 4 is 27.7 Å². The molecule has 2 heterocycles. The van der Waals surface area contributed by atoms with Crippen LogP contribution in [-0.2, 0) is 19.6 Å². The molecular formula is C24H32N4O5S. The summed E-state index contributed by atoms with van der Waals surface area (Å²) in [6, 6.07) is 10.6. The van der Waals surface area contributed by atoms with Gasteiger partial charge in [0, 0.05) is 19.3 Å². The molecule has 184 valence electrons. The molecule has 1 aromatic heterocycles. The Hall–Kier alpha value is -2.98. The number of nitrogens with zero attached hydrogens (tertiary/aromatic N) is 2. The normalized spacial score (nSPS) is 18.5. The van der Waals surface area contributed by atoms with Gasteiger partial charge in [-0.1, -0.05) is 26.3 Å². The fraction of sp³-hybridized carbons (Fsp3) is 0.458. The van der Waals surface area contributed by atoms with Crippen LogP contribution in [0, 0.1) is 11.8 Å². The van der Waals surface area contributed by atoms with Gasteiger partial charge in [-0.05, 0) is 55.2 Å². The highest BCUT2D eigenvalue weighted by Gasteiger charge is 2.35. The van der Waals surface area contributed by atoms with Crippen LogP contribution in [0.2, 0.25) is 0 Å². The number of aromatic nitrogens is 1. The number of amides is 2.